The smallest absolute Gasteiger partial charge is 0.275 e. The largest absolute Gasteiger partial charge is 0.497 e. The number of aliphatic hydroxyl groups is 1. The summed E-state index contributed by atoms with van der Waals surface area (Å²) in [5, 5.41) is 12.6. The number of fused-ring (bicyclic) bond motifs is 1. The van der Waals surface area contributed by atoms with Crippen LogP contribution in [0.3, 0.4) is 0 Å². The van der Waals surface area contributed by atoms with Gasteiger partial charge < -0.3 is 24.8 Å². The molecule has 1 aliphatic rings. The van der Waals surface area contributed by atoms with Gasteiger partial charge in [-0.15, -0.1) is 0 Å². The number of ether oxygens (including phenoxy) is 2. The van der Waals surface area contributed by atoms with E-state index < -0.39 is 28.1 Å². The second kappa shape index (κ2) is 12.6. The van der Waals surface area contributed by atoms with Crippen molar-refractivity contribution in [1.29, 1.82) is 0 Å². The minimum Gasteiger partial charge on any atom is -0.497 e. The van der Waals surface area contributed by atoms with E-state index in [4.69, 9.17) is 9.47 Å². The minimum absolute atomic E-state index is 0.0586. The second-order valence-corrected chi connectivity index (χ2v) is 11.9. The number of sulfonamides is 1. The maximum atomic E-state index is 13.7. The zero-order chi connectivity index (χ0) is 29.7. The van der Waals surface area contributed by atoms with Crippen molar-refractivity contribution in [3.05, 3.63) is 72.3 Å². The van der Waals surface area contributed by atoms with E-state index in [1.165, 1.54) is 54.1 Å². The van der Waals surface area contributed by atoms with E-state index in [2.05, 4.69) is 15.3 Å². The lowest BCUT2D eigenvalue weighted by Crippen LogP contribution is -2.50. The van der Waals surface area contributed by atoms with Crippen molar-refractivity contribution in [3.63, 3.8) is 0 Å². The SMILES string of the molecule is COc1ccc(S(=O)(=O)N(C)C[C@@H]2Oc3c(NC(=O)c4cnccn4)cccc3C(=O)N([C@H](C)CO)C[C@H]2C)cc1. The van der Waals surface area contributed by atoms with Crippen molar-refractivity contribution in [2.75, 3.05) is 39.2 Å². The molecule has 0 spiro atoms. The van der Waals surface area contributed by atoms with Crippen LogP contribution in [0.15, 0.2) is 66.0 Å². The van der Waals surface area contributed by atoms with Crippen LogP contribution in [-0.4, -0.2) is 90.5 Å². The summed E-state index contributed by atoms with van der Waals surface area (Å²) in [6.45, 7) is 3.44. The van der Waals surface area contributed by atoms with Crippen LogP contribution in [0.2, 0.25) is 0 Å². The number of benzene rings is 2. The van der Waals surface area contributed by atoms with Crippen molar-refractivity contribution in [1.82, 2.24) is 19.2 Å². The zero-order valence-electron chi connectivity index (χ0n) is 23.2. The van der Waals surface area contributed by atoms with Gasteiger partial charge in [0.15, 0.2) is 5.75 Å². The number of likely N-dealkylation sites (N-methyl/N-ethyl adjacent to an activating group) is 1. The number of carbonyl (C=O) groups excluding carboxylic acids is 2. The second-order valence-electron chi connectivity index (χ2n) is 9.81. The Morgan fingerprint density at radius 2 is 1.98 bits per heavy atom. The van der Waals surface area contributed by atoms with Crippen LogP contribution >= 0.6 is 0 Å². The number of aromatic nitrogens is 2. The molecule has 2 N–H and O–H groups in total. The van der Waals surface area contributed by atoms with Gasteiger partial charge in [0.2, 0.25) is 10.0 Å². The number of anilines is 1. The Hall–Kier alpha value is -4.07. The van der Waals surface area contributed by atoms with Gasteiger partial charge in [0.25, 0.3) is 11.8 Å². The predicted octanol–water partition coefficient (Wildman–Crippen LogP) is 2.28. The van der Waals surface area contributed by atoms with Gasteiger partial charge in [-0.1, -0.05) is 13.0 Å². The van der Waals surface area contributed by atoms with Gasteiger partial charge in [0, 0.05) is 31.9 Å². The maximum absolute atomic E-state index is 13.7. The van der Waals surface area contributed by atoms with Crippen molar-refractivity contribution in [2.45, 2.75) is 30.9 Å². The minimum atomic E-state index is -3.90. The molecule has 3 atom stereocenters. The monoisotopic (exact) mass is 583 g/mol. The molecule has 218 valence electrons. The molecule has 0 saturated carbocycles. The van der Waals surface area contributed by atoms with Gasteiger partial charge in [-0.2, -0.15) is 4.31 Å². The molecule has 12 nitrogen and oxygen atoms in total. The maximum Gasteiger partial charge on any atom is 0.275 e. The molecule has 41 heavy (non-hydrogen) atoms. The molecule has 0 aliphatic carbocycles. The molecule has 0 fully saturated rings. The van der Waals surface area contributed by atoms with E-state index in [1.54, 1.807) is 37.3 Å². The van der Waals surface area contributed by atoms with Crippen LogP contribution in [0.4, 0.5) is 5.69 Å². The normalized spacial score (nSPS) is 18.1. The molecular weight excluding hydrogens is 550 g/mol. The van der Waals surface area contributed by atoms with Gasteiger partial charge in [-0.25, -0.2) is 13.4 Å². The summed E-state index contributed by atoms with van der Waals surface area (Å²) in [5.74, 6) is -0.690. The van der Waals surface area contributed by atoms with Crippen LogP contribution in [0, 0.1) is 5.92 Å². The summed E-state index contributed by atoms with van der Waals surface area (Å²) >= 11 is 0. The van der Waals surface area contributed by atoms with Gasteiger partial charge in [-0.05, 0) is 43.3 Å². The fourth-order valence-corrected chi connectivity index (χ4v) is 5.62. The molecule has 13 heteroatoms. The Bertz CT molecular complexity index is 1490. The number of hydrogen-bond donors (Lipinski definition) is 2. The zero-order valence-corrected chi connectivity index (χ0v) is 24.0. The first kappa shape index (κ1) is 29.9. The topological polar surface area (TPSA) is 151 Å². The number of amides is 2. The molecule has 1 aromatic heterocycles. The average Bonchev–Trinajstić information content (AvgIpc) is 2.99. The Morgan fingerprint density at radius 3 is 2.61 bits per heavy atom. The van der Waals surface area contributed by atoms with Crippen LogP contribution in [0.5, 0.6) is 11.5 Å². The lowest BCUT2D eigenvalue weighted by atomic mass is 9.99. The van der Waals surface area contributed by atoms with E-state index in [0.29, 0.717) is 5.75 Å². The molecule has 2 heterocycles. The third kappa shape index (κ3) is 6.47. The first-order valence-corrected chi connectivity index (χ1v) is 14.4. The molecule has 0 radical (unpaired) electrons. The number of nitrogens with zero attached hydrogens (tertiary/aromatic N) is 4. The molecule has 2 amide bonds. The highest BCUT2D eigenvalue weighted by Gasteiger charge is 2.36. The highest BCUT2D eigenvalue weighted by atomic mass is 32.2. The quantitative estimate of drug-likeness (QED) is 0.387. The van der Waals surface area contributed by atoms with Gasteiger partial charge in [0.1, 0.15) is 17.5 Å². The third-order valence-electron chi connectivity index (χ3n) is 6.94. The van der Waals surface area contributed by atoms with Gasteiger partial charge >= 0.3 is 0 Å². The first-order chi connectivity index (χ1) is 19.6. The summed E-state index contributed by atoms with van der Waals surface area (Å²) in [6, 6.07) is 10.3. The van der Waals surface area contributed by atoms with Crippen LogP contribution in [0.25, 0.3) is 0 Å². The summed E-state index contributed by atoms with van der Waals surface area (Å²) in [7, 11) is -0.952. The summed E-state index contributed by atoms with van der Waals surface area (Å²) in [4.78, 5) is 36.1. The van der Waals surface area contributed by atoms with E-state index in [1.807, 2.05) is 6.92 Å². The fourth-order valence-electron chi connectivity index (χ4n) is 4.44. The van der Waals surface area contributed by atoms with E-state index in [9.17, 15) is 23.1 Å². The highest BCUT2D eigenvalue weighted by Crippen LogP contribution is 2.35. The highest BCUT2D eigenvalue weighted by molar-refractivity contribution is 7.89. The first-order valence-electron chi connectivity index (χ1n) is 13.0. The summed E-state index contributed by atoms with van der Waals surface area (Å²) in [5.41, 5.74) is 0.440. The molecule has 1 aliphatic heterocycles. The van der Waals surface area contributed by atoms with E-state index in [0.717, 1.165) is 0 Å². The van der Waals surface area contributed by atoms with E-state index in [-0.39, 0.29) is 59.1 Å². The van der Waals surface area contributed by atoms with Crippen molar-refractivity contribution < 1.29 is 32.6 Å². The number of carbonyl (C=O) groups is 2. The van der Waals surface area contributed by atoms with Crippen molar-refractivity contribution in [3.8, 4) is 11.5 Å². The lowest BCUT2D eigenvalue weighted by molar-refractivity contribution is 0.0388. The summed E-state index contributed by atoms with van der Waals surface area (Å²) in [6.07, 6.45) is 3.40. The van der Waals surface area contributed by atoms with Crippen LogP contribution < -0.4 is 14.8 Å². The van der Waals surface area contributed by atoms with Gasteiger partial charge in [-0.3, -0.25) is 14.6 Å². The number of para-hydroxylation sites is 1. The third-order valence-corrected chi connectivity index (χ3v) is 8.78. The Kier molecular flexibility index (Phi) is 9.21. The lowest BCUT2D eigenvalue weighted by Gasteiger charge is -2.38. The van der Waals surface area contributed by atoms with E-state index >= 15 is 0 Å². The molecule has 4 rings (SSSR count). The molecule has 0 bridgehead atoms. The van der Waals surface area contributed by atoms with Crippen LogP contribution in [-0.2, 0) is 10.0 Å². The Balaban J connectivity index is 1.71. The standard InChI is InChI=1S/C28H33N5O7S/c1-18-15-33(19(2)17-34)28(36)22-6-5-7-23(31-27(35)24-14-29-12-13-30-24)26(22)40-25(18)16-32(3)41(37,38)21-10-8-20(39-4)9-11-21/h5-14,18-19,25,34H,15-17H2,1-4H3,(H,31,35)/t18-,19-,25+/m1/s1. The molecule has 0 unspecified atom stereocenters. The Morgan fingerprint density at radius 1 is 1.24 bits per heavy atom. The number of rotatable bonds is 9. The summed E-state index contributed by atoms with van der Waals surface area (Å²) < 4.78 is 39.6. The number of nitrogens with one attached hydrogen (secondary N) is 1. The van der Waals surface area contributed by atoms with Crippen LogP contribution in [0.1, 0.15) is 34.7 Å². The molecule has 0 saturated heterocycles. The Labute approximate surface area is 239 Å². The predicted molar refractivity (Wildman–Crippen MR) is 150 cm³/mol. The average molecular weight is 584 g/mol. The molecule has 3 aromatic rings. The molecule has 2 aromatic carbocycles. The number of aliphatic hydroxyl groups excluding tert-OH is 1. The number of hydrogen-bond acceptors (Lipinski definition) is 9. The fraction of sp³-hybridized carbons (Fsp3) is 0.357. The molecular formula is C28H33N5O7S. The van der Waals surface area contributed by atoms with Gasteiger partial charge in [0.05, 0.1) is 48.6 Å². The number of methoxy groups -OCH3 is 1. The van der Waals surface area contributed by atoms with Crippen molar-refractivity contribution in [2.24, 2.45) is 5.92 Å². The van der Waals surface area contributed by atoms with Crippen molar-refractivity contribution >= 4 is 27.5 Å².